The molecule has 1 atom stereocenters. The van der Waals surface area contributed by atoms with Gasteiger partial charge in [0.05, 0.1) is 23.0 Å². The maximum Gasteiger partial charge on any atom is 0.124 e. The van der Waals surface area contributed by atoms with Crippen LogP contribution in [0.15, 0.2) is 24.4 Å². The van der Waals surface area contributed by atoms with Crippen molar-refractivity contribution in [3.63, 3.8) is 0 Å². The van der Waals surface area contributed by atoms with Gasteiger partial charge in [0.25, 0.3) is 0 Å². The van der Waals surface area contributed by atoms with Gasteiger partial charge in [-0.2, -0.15) is 5.10 Å². The molecule has 0 saturated heterocycles. The van der Waals surface area contributed by atoms with Crippen molar-refractivity contribution in [1.82, 2.24) is 9.78 Å². The van der Waals surface area contributed by atoms with Crippen molar-refractivity contribution >= 4 is 23.2 Å². The average molecular weight is 302 g/mol. The molecular weight excluding hydrogens is 288 g/mol. The van der Waals surface area contributed by atoms with Crippen LogP contribution in [0.25, 0.3) is 0 Å². The van der Waals surface area contributed by atoms with Gasteiger partial charge in [0.15, 0.2) is 0 Å². The number of nitrogens with zero attached hydrogens (tertiary/aromatic N) is 2. The van der Waals surface area contributed by atoms with E-state index in [2.05, 4.69) is 5.10 Å². The van der Waals surface area contributed by atoms with Crippen LogP contribution in [-0.4, -0.2) is 9.78 Å². The largest absolute Gasteiger partial charge is 0.319 e. The normalized spacial score (nSPS) is 12.7. The SMILES string of the molecule is CCCn1ncc(Cl)c1C(N)c1ccc(F)cc1Cl. The molecule has 1 heterocycles. The lowest BCUT2D eigenvalue weighted by atomic mass is 10.0. The van der Waals surface area contributed by atoms with E-state index < -0.39 is 11.9 Å². The van der Waals surface area contributed by atoms with Crippen LogP contribution in [0.5, 0.6) is 0 Å². The molecule has 1 aromatic heterocycles. The molecule has 6 heteroatoms. The predicted octanol–water partition coefficient (Wildman–Crippen LogP) is 3.79. The van der Waals surface area contributed by atoms with E-state index in [0.717, 1.165) is 6.42 Å². The van der Waals surface area contributed by atoms with E-state index in [9.17, 15) is 4.39 Å². The smallest absolute Gasteiger partial charge is 0.124 e. The highest BCUT2D eigenvalue weighted by molar-refractivity contribution is 6.32. The number of halogens is 3. The Hall–Kier alpha value is -1.10. The van der Waals surface area contributed by atoms with Gasteiger partial charge >= 0.3 is 0 Å². The van der Waals surface area contributed by atoms with Gasteiger partial charge in [-0.1, -0.05) is 36.2 Å². The van der Waals surface area contributed by atoms with Gasteiger partial charge in [0.1, 0.15) is 5.82 Å². The van der Waals surface area contributed by atoms with E-state index >= 15 is 0 Å². The fourth-order valence-corrected chi connectivity index (χ4v) is 2.52. The summed E-state index contributed by atoms with van der Waals surface area (Å²) in [6.07, 6.45) is 2.47. The second kappa shape index (κ2) is 5.90. The third kappa shape index (κ3) is 2.91. The maximum absolute atomic E-state index is 13.1. The lowest BCUT2D eigenvalue weighted by Crippen LogP contribution is -2.18. The van der Waals surface area contributed by atoms with Gasteiger partial charge < -0.3 is 5.73 Å². The van der Waals surface area contributed by atoms with Gasteiger partial charge in [0.2, 0.25) is 0 Å². The van der Waals surface area contributed by atoms with Gasteiger partial charge in [-0.05, 0) is 24.1 Å². The van der Waals surface area contributed by atoms with Crippen molar-refractivity contribution in [3.05, 3.63) is 51.5 Å². The van der Waals surface area contributed by atoms with Crippen LogP contribution in [0.2, 0.25) is 10.0 Å². The number of aromatic nitrogens is 2. The van der Waals surface area contributed by atoms with Gasteiger partial charge in [0, 0.05) is 11.6 Å². The lowest BCUT2D eigenvalue weighted by Gasteiger charge is -2.16. The third-order valence-electron chi connectivity index (χ3n) is 2.86. The standard InChI is InChI=1S/C13H14Cl2FN3/c1-2-5-19-13(11(15)7-18-19)12(17)9-4-3-8(16)6-10(9)14/h3-4,6-7,12H,2,5,17H2,1H3. The molecule has 0 amide bonds. The summed E-state index contributed by atoms with van der Waals surface area (Å²) < 4.78 is 14.8. The molecule has 0 aliphatic heterocycles. The van der Waals surface area contributed by atoms with Crippen molar-refractivity contribution in [1.29, 1.82) is 0 Å². The van der Waals surface area contributed by atoms with Crippen molar-refractivity contribution in [2.24, 2.45) is 5.73 Å². The Morgan fingerprint density at radius 1 is 1.37 bits per heavy atom. The van der Waals surface area contributed by atoms with Crippen LogP contribution in [-0.2, 0) is 6.54 Å². The number of aryl methyl sites for hydroxylation is 1. The van der Waals surface area contributed by atoms with E-state index in [-0.39, 0.29) is 5.02 Å². The van der Waals surface area contributed by atoms with Gasteiger partial charge in [-0.3, -0.25) is 4.68 Å². The van der Waals surface area contributed by atoms with Crippen LogP contribution >= 0.6 is 23.2 Å². The van der Waals surface area contributed by atoms with Gasteiger partial charge in [-0.25, -0.2) is 4.39 Å². The summed E-state index contributed by atoms with van der Waals surface area (Å²) in [5.74, 6) is -0.394. The van der Waals surface area contributed by atoms with E-state index in [1.165, 1.54) is 12.1 Å². The molecular formula is C13H14Cl2FN3. The quantitative estimate of drug-likeness (QED) is 0.934. The number of hydrogen-bond donors (Lipinski definition) is 1. The molecule has 1 unspecified atom stereocenters. The summed E-state index contributed by atoms with van der Waals surface area (Å²) in [5.41, 5.74) is 7.51. The Morgan fingerprint density at radius 2 is 2.11 bits per heavy atom. The minimum atomic E-state index is -0.533. The Kier molecular flexibility index (Phi) is 4.45. The zero-order valence-electron chi connectivity index (χ0n) is 10.4. The molecule has 0 aliphatic rings. The molecule has 2 aromatic rings. The second-order valence-corrected chi connectivity index (χ2v) is 5.06. The molecule has 102 valence electrons. The second-order valence-electron chi connectivity index (χ2n) is 4.24. The number of rotatable bonds is 4. The van der Waals surface area contributed by atoms with E-state index in [0.29, 0.717) is 22.8 Å². The summed E-state index contributed by atoms with van der Waals surface area (Å²) in [4.78, 5) is 0. The third-order valence-corrected chi connectivity index (χ3v) is 3.48. The minimum Gasteiger partial charge on any atom is -0.319 e. The molecule has 1 aromatic carbocycles. The molecule has 0 radical (unpaired) electrons. The Morgan fingerprint density at radius 3 is 2.74 bits per heavy atom. The average Bonchev–Trinajstić information content (AvgIpc) is 2.70. The van der Waals surface area contributed by atoms with Crippen LogP contribution < -0.4 is 5.73 Å². The minimum absolute atomic E-state index is 0.285. The number of hydrogen-bond acceptors (Lipinski definition) is 2. The van der Waals surface area contributed by atoms with Crippen LogP contribution in [0.1, 0.15) is 30.6 Å². The highest BCUT2D eigenvalue weighted by Crippen LogP contribution is 2.31. The topological polar surface area (TPSA) is 43.8 Å². The first-order valence-electron chi connectivity index (χ1n) is 5.96. The van der Waals surface area contributed by atoms with Crippen LogP contribution in [0.3, 0.4) is 0 Å². The number of nitrogens with two attached hydrogens (primary N) is 1. The summed E-state index contributed by atoms with van der Waals surface area (Å²) >= 11 is 12.2. The monoisotopic (exact) mass is 301 g/mol. The van der Waals surface area contributed by atoms with E-state index in [1.807, 2.05) is 6.92 Å². The first-order chi connectivity index (χ1) is 9.04. The van der Waals surface area contributed by atoms with Crippen LogP contribution in [0, 0.1) is 5.82 Å². The predicted molar refractivity (Wildman–Crippen MR) is 75.0 cm³/mol. The lowest BCUT2D eigenvalue weighted by molar-refractivity contribution is 0.559. The van der Waals surface area contributed by atoms with Crippen molar-refractivity contribution < 1.29 is 4.39 Å². The summed E-state index contributed by atoms with van der Waals surface area (Å²) in [5, 5.41) is 4.96. The van der Waals surface area contributed by atoms with Crippen molar-refractivity contribution in [2.75, 3.05) is 0 Å². The maximum atomic E-state index is 13.1. The summed E-state index contributed by atoms with van der Waals surface area (Å²) in [7, 11) is 0. The molecule has 0 bridgehead atoms. The molecule has 0 spiro atoms. The van der Waals surface area contributed by atoms with Crippen LogP contribution in [0.4, 0.5) is 4.39 Å². The molecule has 0 aliphatic carbocycles. The zero-order chi connectivity index (χ0) is 14.0. The van der Waals surface area contributed by atoms with E-state index in [1.54, 1.807) is 16.9 Å². The fourth-order valence-electron chi connectivity index (χ4n) is 1.97. The number of benzene rings is 1. The molecule has 2 rings (SSSR count). The molecule has 19 heavy (non-hydrogen) atoms. The highest BCUT2D eigenvalue weighted by atomic mass is 35.5. The molecule has 0 saturated carbocycles. The first kappa shape index (κ1) is 14.3. The molecule has 2 N–H and O–H groups in total. The Labute approximate surface area is 121 Å². The fraction of sp³-hybridized carbons (Fsp3) is 0.308. The van der Waals surface area contributed by atoms with Gasteiger partial charge in [-0.15, -0.1) is 0 Å². The first-order valence-corrected chi connectivity index (χ1v) is 6.72. The molecule has 0 fully saturated rings. The Bertz CT molecular complexity index is 583. The summed E-state index contributed by atoms with van der Waals surface area (Å²) in [6, 6.07) is 3.61. The molecule has 3 nitrogen and oxygen atoms in total. The van der Waals surface area contributed by atoms with E-state index in [4.69, 9.17) is 28.9 Å². The van der Waals surface area contributed by atoms with Crippen molar-refractivity contribution in [3.8, 4) is 0 Å². The zero-order valence-corrected chi connectivity index (χ0v) is 11.9. The highest BCUT2D eigenvalue weighted by Gasteiger charge is 2.20. The summed E-state index contributed by atoms with van der Waals surface area (Å²) in [6.45, 7) is 2.75. The van der Waals surface area contributed by atoms with Crippen molar-refractivity contribution in [2.45, 2.75) is 25.9 Å². The Balaban J connectivity index is 2.43.